The first-order valence-corrected chi connectivity index (χ1v) is 13.0. The first kappa shape index (κ1) is 22.5. The molecule has 3 nitrogen and oxygen atoms in total. The largest absolute Gasteiger partial charge is 0.454 e. The highest BCUT2D eigenvalue weighted by Gasteiger charge is 2.26. The van der Waals surface area contributed by atoms with Gasteiger partial charge in [0, 0.05) is 25.1 Å². The second-order valence-corrected chi connectivity index (χ2v) is 11.1. The van der Waals surface area contributed by atoms with Crippen molar-refractivity contribution in [2.45, 2.75) is 34.1 Å². The van der Waals surface area contributed by atoms with Crippen molar-refractivity contribution in [3.05, 3.63) is 102 Å². The van der Waals surface area contributed by atoms with E-state index < -0.39 is 17.6 Å². The van der Waals surface area contributed by atoms with Crippen LogP contribution in [-0.4, -0.2) is 0 Å². The molecule has 0 N–H and O–H groups in total. The van der Waals surface area contributed by atoms with Crippen LogP contribution in [0, 0.1) is 29.5 Å². The van der Waals surface area contributed by atoms with Gasteiger partial charge in [0.2, 0.25) is 5.69 Å². The highest BCUT2D eigenvalue weighted by molar-refractivity contribution is 6.15. The first-order chi connectivity index (χ1) is 19.4. The van der Waals surface area contributed by atoms with E-state index in [9.17, 15) is 5.26 Å². The van der Waals surface area contributed by atoms with Gasteiger partial charge >= 0.3 is 0 Å². The summed E-state index contributed by atoms with van der Waals surface area (Å²) in [6.45, 7) is 7.25. The second-order valence-electron chi connectivity index (χ2n) is 11.1. The maximum atomic E-state index is 15.7. The molecule has 39 heavy (non-hydrogen) atoms. The zero-order chi connectivity index (χ0) is 29.3. The van der Waals surface area contributed by atoms with Crippen LogP contribution in [0.1, 0.15) is 40.2 Å². The number of halogens is 1. The minimum absolute atomic E-state index is 0.0163. The predicted octanol–water partition coefficient (Wildman–Crippen LogP) is 8.81. The van der Waals surface area contributed by atoms with E-state index in [4.69, 9.17) is 7.16 Å². The Bertz CT molecular complexity index is 2060. The number of benzene rings is 4. The summed E-state index contributed by atoms with van der Waals surface area (Å²) in [5, 5.41) is 13.9. The summed E-state index contributed by atoms with van der Waals surface area (Å²) < 4.78 is 41.4. The fourth-order valence-corrected chi connectivity index (χ4v) is 5.49. The third-order valence-electron chi connectivity index (χ3n) is 7.19. The van der Waals surface area contributed by atoms with Gasteiger partial charge in [-0.3, -0.25) is 0 Å². The van der Waals surface area contributed by atoms with Crippen molar-refractivity contribution in [1.82, 2.24) is 0 Å². The Hall–Kier alpha value is -4.49. The summed E-state index contributed by atoms with van der Waals surface area (Å²) in [7, 11) is 1.80. The lowest BCUT2D eigenvalue weighted by molar-refractivity contribution is -0.661. The Kier molecular flexibility index (Phi) is 5.23. The Morgan fingerprint density at radius 1 is 0.923 bits per heavy atom. The molecule has 6 rings (SSSR count). The lowest BCUT2D eigenvalue weighted by atomic mass is 9.88. The van der Waals surface area contributed by atoms with E-state index >= 15 is 4.39 Å². The van der Waals surface area contributed by atoms with Crippen LogP contribution in [-0.2, 0) is 13.4 Å². The number of nitriles is 1. The van der Waals surface area contributed by atoms with E-state index in [1.807, 2.05) is 73.7 Å². The molecule has 0 radical (unpaired) electrons. The average molecular weight is 516 g/mol. The minimum Gasteiger partial charge on any atom is -0.454 e. The van der Waals surface area contributed by atoms with E-state index in [-0.39, 0.29) is 5.56 Å². The molecule has 192 valence electrons. The fraction of sp³-hybridized carbons (Fsp3) is 0.200. The summed E-state index contributed by atoms with van der Waals surface area (Å²) >= 11 is 0. The van der Waals surface area contributed by atoms with Gasteiger partial charge in [0.1, 0.15) is 24.0 Å². The molecule has 2 heterocycles. The molecule has 0 unspecified atom stereocenters. The fourth-order valence-electron chi connectivity index (χ4n) is 5.49. The lowest BCUT2D eigenvalue weighted by Crippen LogP contribution is -2.33. The number of rotatable bonds is 3. The van der Waals surface area contributed by atoms with Gasteiger partial charge in [-0.05, 0) is 52.7 Å². The summed E-state index contributed by atoms with van der Waals surface area (Å²) in [4.78, 5) is 0. The number of furan rings is 1. The molecule has 0 amide bonds. The molecule has 4 heteroatoms. The smallest absolute Gasteiger partial charge is 0.219 e. The maximum absolute atomic E-state index is 15.7. The van der Waals surface area contributed by atoms with Gasteiger partial charge in [0.25, 0.3) is 0 Å². The molecule has 0 aliphatic rings. The van der Waals surface area contributed by atoms with Crippen LogP contribution >= 0.6 is 0 Å². The third-order valence-corrected chi connectivity index (χ3v) is 7.19. The monoisotopic (exact) mass is 515 g/mol. The van der Waals surface area contributed by atoms with Crippen molar-refractivity contribution in [3.63, 3.8) is 0 Å². The van der Waals surface area contributed by atoms with E-state index in [0.29, 0.717) is 22.4 Å². The van der Waals surface area contributed by atoms with Gasteiger partial charge in [-0.25, -0.2) is 8.96 Å². The molecule has 0 spiro atoms. The zero-order valence-corrected chi connectivity index (χ0v) is 22.7. The van der Waals surface area contributed by atoms with Crippen molar-refractivity contribution in [2.24, 2.45) is 12.5 Å². The van der Waals surface area contributed by atoms with Crippen molar-refractivity contribution in [1.29, 1.82) is 5.26 Å². The Morgan fingerprint density at radius 2 is 1.62 bits per heavy atom. The van der Waals surface area contributed by atoms with E-state index in [1.54, 1.807) is 38.6 Å². The van der Waals surface area contributed by atoms with E-state index in [0.717, 1.165) is 43.8 Å². The SMILES string of the molecule is [2H]C([2H])(c1c[n+](C)c(-c2c(C)ccc3c2oc2c(-c4cccc5ccccc45)c(C#N)ccc23)cc1F)C(C)(C)C. The Morgan fingerprint density at radius 3 is 2.36 bits per heavy atom. The standard InChI is InChI=1S/C35H30FN2O/c1-21-13-15-27-28-16-14-23(19-37)32(26-12-8-10-22-9-6-7-11-25(22)26)34(28)39-33(27)31(21)30-17-29(36)24(20-38(30)5)18-35(2,3)4/h6-17,20H,18H2,1-5H3/q+1/i18D2. The second kappa shape index (κ2) is 9.06. The van der Waals surface area contributed by atoms with Crippen LogP contribution in [0.25, 0.3) is 55.1 Å². The van der Waals surface area contributed by atoms with Gasteiger partial charge in [0.15, 0.2) is 6.20 Å². The highest BCUT2D eigenvalue weighted by atomic mass is 19.1. The molecule has 0 aliphatic carbocycles. The molecular formula is C35H30FN2O+. The quantitative estimate of drug-likeness (QED) is 0.221. The topological polar surface area (TPSA) is 40.8 Å². The number of hydrogen-bond donors (Lipinski definition) is 0. The van der Waals surface area contributed by atoms with Crippen LogP contribution in [0.2, 0.25) is 0 Å². The van der Waals surface area contributed by atoms with Gasteiger partial charge < -0.3 is 4.42 Å². The van der Waals surface area contributed by atoms with E-state index in [1.165, 1.54) is 6.07 Å². The van der Waals surface area contributed by atoms with Crippen LogP contribution in [0.4, 0.5) is 4.39 Å². The zero-order valence-electron chi connectivity index (χ0n) is 24.7. The number of hydrogen-bond acceptors (Lipinski definition) is 2. The van der Waals surface area contributed by atoms with Crippen LogP contribution in [0.15, 0.2) is 83.4 Å². The summed E-state index contributed by atoms with van der Waals surface area (Å²) in [6.07, 6.45) is -0.332. The van der Waals surface area contributed by atoms with Gasteiger partial charge in [-0.2, -0.15) is 5.26 Å². The van der Waals surface area contributed by atoms with Gasteiger partial charge in [-0.15, -0.1) is 0 Å². The third kappa shape index (κ3) is 4.15. The van der Waals surface area contributed by atoms with Crippen molar-refractivity contribution in [3.8, 4) is 28.5 Å². The lowest BCUT2D eigenvalue weighted by Gasteiger charge is -2.18. The summed E-state index contributed by atoms with van der Waals surface area (Å²) in [6, 6.07) is 25.6. The number of aryl methyl sites for hydroxylation is 2. The average Bonchev–Trinajstić information content (AvgIpc) is 3.31. The van der Waals surface area contributed by atoms with E-state index in [2.05, 4.69) is 6.07 Å². The summed E-state index contributed by atoms with van der Waals surface area (Å²) in [5.41, 5.74) is 4.76. The minimum atomic E-state index is -1.88. The Labute approximate surface area is 230 Å². The summed E-state index contributed by atoms with van der Waals surface area (Å²) in [5.74, 6) is -0.603. The molecular weight excluding hydrogens is 483 g/mol. The normalized spacial score (nSPS) is 13.1. The first-order valence-electron chi connectivity index (χ1n) is 14.0. The number of aromatic nitrogens is 1. The van der Waals surface area contributed by atoms with Crippen molar-refractivity contribution < 1.29 is 16.1 Å². The van der Waals surface area contributed by atoms with Crippen LogP contribution < -0.4 is 4.57 Å². The molecule has 2 aromatic heterocycles. The van der Waals surface area contributed by atoms with Crippen molar-refractivity contribution in [2.75, 3.05) is 0 Å². The van der Waals surface area contributed by atoms with Crippen LogP contribution in [0.5, 0.6) is 0 Å². The maximum Gasteiger partial charge on any atom is 0.219 e. The molecule has 6 aromatic rings. The molecule has 0 saturated carbocycles. The Balaban J connectivity index is 1.67. The molecule has 0 atom stereocenters. The molecule has 4 aromatic carbocycles. The highest BCUT2D eigenvalue weighted by Crippen LogP contribution is 2.43. The van der Waals surface area contributed by atoms with Crippen LogP contribution in [0.3, 0.4) is 0 Å². The molecule has 0 fully saturated rings. The van der Waals surface area contributed by atoms with Gasteiger partial charge in [0.05, 0.1) is 22.8 Å². The number of nitrogens with zero attached hydrogens (tertiary/aromatic N) is 2. The predicted molar refractivity (Wildman–Crippen MR) is 156 cm³/mol. The van der Waals surface area contributed by atoms with Crippen molar-refractivity contribution >= 4 is 32.7 Å². The van der Waals surface area contributed by atoms with Gasteiger partial charge in [-0.1, -0.05) is 75.4 Å². The molecule has 0 aliphatic heterocycles. The number of fused-ring (bicyclic) bond motifs is 4. The number of pyridine rings is 1. The molecule has 0 saturated heterocycles. The molecule has 0 bridgehead atoms.